The van der Waals surface area contributed by atoms with Gasteiger partial charge in [0, 0.05) is 12.1 Å². The second kappa shape index (κ2) is 11.4. The van der Waals surface area contributed by atoms with Crippen LogP contribution < -0.4 is 10.1 Å². The first-order valence-electron chi connectivity index (χ1n) is 12.9. The predicted molar refractivity (Wildman–Crippen MR) is 147 cm³/mol. The molecule has 0 spiro atoms. The number of carbonyl (C=O) groups is 1. The fourth-order valence-electron chi connectivity index (χ4n) is 4.63. The third-order valence-corrected chi connectivity index (χ3v) is 6.59. The smallest absolute Gasteiger partial charge is 0.251 e. The molecule has 4 aromatic rings. The van der Waals surface area contributed by atoms with Crippen molar-refractivity contribution in [3.63, 3.8) is 0 Å². The molecule has 0 unspecified atom stereocenters. The fraction of sp³-hybridized carbons (Fsp3) is 0.355. The standard InChI is InChI=1S/C31H37N3O2/c1-21(2)25-14-12-23(4)19-29(25)36-17-9-8-16-34-28-11-7-6-10-27(28)33-30(34)20-32-31(35)26-15-13-22(3)18-24(26)5/h6-7,10-15,18-19,21H,8-9,16-17,20H2,1-5H3,(H,32,35). The lowest BCUT2D eigenvalue weighted by atomic mass is 10.0. The van der Waals surface area contributed by atoms with E-state index in [1.54, 1.807) is 0 Å². The molecule has 4 rings (SSSR count). The van der Waals surface area contributed by atoms with Gasteiger partial charge in [-0.2, -0.15) is 0 Å². The van der Waals surface area contributed by atoms with Crippen LogP contribution >= 0.6 is 0 Å². The molecule has 1 amide bonds. The van der Waals surface area contributed by atoms with Gasteiger partial charge in [0.05, 0.1) is 24.2 Å². The monoisotopic (exact) mass is 483 g/mol. The highest BCUT2D eigenvalue weighted by molar-refractivity contribution is 5.95. The number of aromatic nitrogens is 2. The Bertz CT molecular complexity index is 1350. The van der Waals surface area contributed by atoms with E-state index in [1.165, 1.54) is 11.1 Å². The van der Waals surface area contributed by atoms with Gasteiger partial charge in [-0.1, -0.05) is 55.8 Å². The summed E-state index contributed by atoms with van der Waals surface area (Å²) in [5.74, 6) is 2.22. The quantitative estimate of drug-likeness (QED) is 0.250. The van der Waals surface area contributed by atoms with Gasteiger partial charge >= 0.3 is 0 Å². The molecule has 3 aromatic carbocycles. The zero-order valence-corrected chi connectivity index (χ0v) is 22.1. The normalized spacial score (nSPS) is 11.3. The van der Waals surface area contributed by atoms with Crippen LogP contribution in [-0.2, 0) is 13.1 Å². The number of amides is 1. The number of hydrogen-bond acceptors (Lipinski definition) is 3. The van der Waals surface area contributed by atoms with Crippen molar-refractivity contribution in [3.05, 3.63) is 94.3 Å². The van der Waals surface area contributed by atoms with Crippen LogP contribution in [0.3, 0.4) is 0 Å². The van der Waals surface area contributed by atoms with Gasteiger partial charge in [0.25, 0.3) is 5.91 Å². The molecule has 188 valence electrons. The van der Waals surface area contributed by atoms with E-state index >= 15 is 0 Å². The van der Waals surface area contributed by atoms with Gasteiger partial charge in [-0.3, -0.25) is 4.79 Å². The number of fused-ring (bicyclic) bond motifs is 1. The first-order valence-corrected chi connectivity index (χ1v) is 12.9. The topological polar surface area (TPSA) is 56.2 Å². The Hall–Kier alpha value is -3.60. The van der Waals surface area contributed by atoms with Crippen molar-refractivity contribution in [2.75, 3.05) is 6.61 Å². The van der Waals surface area contributed by atoms with E-state index in [4.69, 9.17) is 9.72 Å². The second-order valence-corrected chi connectivity index (χ2v) is 9.92. The number of carbonyl (C=O) groups excluding carboxylic acids is 1. The molecule has 1 N–H and O–H groups in total. The number of hydrogen-bond donors (Lipinski definition) is 1. The summed E-state index contributed by atoms with van der Waals surface area (Å²) in [6, 6.07) is 20.5. The van der Waals surface area contributed by atoms with Crippen LogP contribution in [0.4, 0.5) is 0 Å². The van der Waals surface area contributed by atoms with Gasteiger partial charge in [0.1, 0.15) is 11.6 Å². The zero-order chi connectivity index (χ0) is 25.7. The van der Waals surface area contributed by atoms with E-state index in [2.05, 4.69) is 54.9 Å². The highest BCUT2D eigenvalue weighted by atomic mass is 16.5. The van der Waals surface area contributed by atoms with Crippen LogP contribution in [0.25, 0.3) is 11.0 Å². The van der Waals surface area contributed by atoms with Crippen molar-refractivity contribution in [1.29, 1.82) is 0 Å². The molecule has 0 atom stereocenters. The molecule has 1 heterocycles. The van der Waals surface area contributed by atoms with E-state index in [1.807, 2.05) is 50.2 Å². The molecule has 1 aromatic heterocycles. The molecule has 0 aliphatic rings. The number of nitrogens with zero attached hydrogens (tertiary/aromatic N) is 2. The minimum Gasteiger partial charge on any atom is -0.493 e. The molecule has 0 fully saturated rings. The number of nitrogens with one attached hydrogen (secondary N) is 1. The Morgan fingerprint density at radius 1 is 0.972 bits per heavy atom. The summed E-state index contributed by atoms with van der Waals surface area (Å²) in [5.41, 5.74) is 7.35. The van der Waals surface area contributed by atoms with Gasteiger partial charge in [-0.15, -0.1) is 0 Å². The first kappa shape index (κ1) is 25.5. The number of benzene rings is 3. The van der Waals surface area contributed by atoms with E-state index in [-0.39, 0.29) is 5.91 Å². The van der Waals surface area contributed by atoms with Crippen molar-refractivity contribution in [2.45, 2.75) is 66.5 Å². The fourth-order valence-corrected chi connectivity index (χ4v) is 4.63. The average molecular weight is 484 g/mol. The van der Waals surface area contributed by atoms with Gasteiger partial charge < -0.3 is 14.6 Å². The van der Waals surface area contributed by atoms with Crippen LogP contribution in [-0.4, -0.2) is 22.1 Å². The average Bonchev–Trinajstić information content (AvgIpc) is 3.19. The summed E-state index contributed by atoms with van der Waals surface area (Å²) < 4.78 is 8.41. The van der Waals surface area contributed by atoms with Crippen molar-refractivity contribution < 1.29 is 9.53 Å². The van der Waals surface area contributed by atoms with E-state index < -0.39 is 0 Å². The Labute approximate surface area is 214 Å². The third-order valence-electron chi connectivity index (χ3n) is 6.59. The summed E-state index contributed by atoms with van der Waals surface area (Å²) in [6.45, 7) is 12.4. The van der Waals surface area contributed by atoms with Gasteiger partial charge in [-0.25, -0.2) is 4.98 Å². The Morgan fingerprint density at radius 2 is 1.72 bits per heavy atom. The Morgan fingerprint density at radius 3 is 2.50 bits per heavy atom. The van der Waals surface area contributed by atoms with Crippen LogP contribution in [0.2, 0.25) is 0 Å². The molecule has 0 radical (unpaired) electrons. The second-order valence-electron chi connectivity index (χ2n) is 9.92. The minimum absolute atomic E-state index is 0.0707. The Balaban J connectivity index is 1.40. The third kappa shape index (κ3) is 5.96. The number of rotatable bonds is 10. The lowest BCUT2D eigenvalue weighted by molar-refractivity contribution is 0.0949. The number of para-hydroxylation sites is 2. The zero-order valence-electron chi connectivity index (χ0n) is 22.1. The van der Waals surface area contributed by atoms with Crippen LogP contribution in [0.1, 0.15) is 71.0 Å². The molecule has 0 bridgehead atoms. The maximum absolute atomic E-state index is 12.8. The van der Waals surface area contributed by atoms with E-state index in [9.17, 15) is 4.79 Å². The molecule has 0 aliphatic heterocycles. The lowest BCUT2D eigenvalue weighted by Crippen LogP contribution is -2.25. The summed E-state index contributed by atoms with van der Waals surface area (Å²) in [6.07, 6.45) is 1.90. The lowest BCUT2D eigenvalue weighted by Gasteiger charge is -2.15. The van der Waals surface area contributed by atoms with Gasteiger partial charge in [0.2, 0.25) is 0 Å². The highest BCUT2D eigenvalue weighted by Crippen LogP contribution is 2.27. The summed E-state index contributed by atoms with van der Waals surface area (Å²) in [5, 5.41) is 3.08. The van der Waals surface area contributed by atoms with Crippen molar-refractivity contribution in [2.24, 2.45) is 0 Å². The van der Waals surface area contributed by atoms with Crippen LogP contribution in [0.15, 0.2) is 60.7 Å². The SMILES string of the molecule is Cc1ccc(C(=O)NCc2nc3ccccc3n2CCCCOc2cc(C)ccc2C(C)C)c(C)c1. The summed E-state index contributed by atoms with van der Waals surface area (Å²) >= 11 is 0. The molecule has 0 saturated carbocycles. The molecule has 5 nitrogen and oxygen atoms in total. The largest absolute Gasteiger partial charge is 0.493 e. The molecule has 0 saturated heterocycles. The number of imidazole rings is 1. The number of unbranched alkanes of at least 4 members (excludes halogenated alkanes) is 1. The van der Waals surface area contributed by atoms with Crippen LogP contribution in [0.5, 0.6) is 5.75 Å². The molecule has 36 heavy (non-hydrogen) atoms. The van der Waals surface area contributed by atoms with Crippen molar-refractivity contribution >= 4 is 16.9 Å². The maximum Gasteiger partial charge on any atom is 0.251 e. The molecular weight excluding hydrogens is 446 g/mol. The van der Waals surface area contributed by atoms with Gasteiger partial charge in [0.15, 0.2) is 0 Å². The van der Waals surface area contributed by atoms with E-state index in [0.29, 0.717) is 24.6 Å². The Kier molecular flexibility index (Phi) is 8.09. The molecule has 5 heteroatoms. The summed E-state index contributed by atoms with van der Waals surface area (Å²) in [4.78, 5) is 17.7. The number of ether oxygens (including phenoxy) is 1. The highest BCUT2D eigenvalue weighted by Gasteiger charge is 2.14. The van der Waals surface area contributed by atoms with Gasteiger partial charge in [-0.05, 0) is 80.5 Å². The predicted octanol–water partition coefficient (Wildman–Crippen LogP) is 6.87. The van der Waals surface area contributed by atoms with Crippen LogP contribution in [0, 0.1) is 20.8 Å². The maximum atomic E-state index is 12.8. The van der Waals surface area contributed by atoms with E-state index in [0.717, 1.165) is 53.1 Å². The minimum atomic E-state index is -0.0707. The summed E-state index contributed by atoms with van der Waals surface area (Å²) in [7, 11) is 0. The molecular formula is C31H37N3O2. The number of aryl methyl sites for hydroxylation is 4. The molecule has 0 aliphatic carbocycles. The first-order chi connectivity index (χ1) is 17.3. The van der Waals surface area contributed by atoms with Crippen molar-refractivity contribution in [1.82, 2.24) is 14.9 Å². The van der Waals surface area contributed by atoms with Crippen molar-refractivity contribution in [3.8, 4) is 5.75 Å².